The van der Waals surface area contributed by atoms with E-state index in [0.717, 1.165) is 5.56 Å². The SMILES string of the molecule is Cc1cccc(NS(=O)(=O)c2ccc(C)c(NS(=O)(=O)c3cccc(Cl)c3)c2)c1. The quantitative estimate of drug-likeness (QED) is 0.575. The Balaban J connectivity index is 1.93. The molecular weight excluding hydrogens is 432 g/mol. The third-order valence-corrected chi connectivity index (χ3v) is 7.12. The van der Waals surface area contributed by atoms with Gasteiger partial charge in [0.05, 0.1) is 15.5 Å². The van der Waals surface area contributed by atoms with Crippen LogP contribution in [-0.4, -0.2) is 16.8 Å². The minimum Gasteiger partial charge on any atom is -0.280 e. The largest absolute Gasteiger partial charge is 0.280 e. The van der Waals surface area contributed by atoms with Crippen LogP contribution in [0.15, 0.2) is 76.5 Å². The third-order valence-electron chi connectivity index (χ3n) is 4.14. The van der Waals surface area contributed by atoms with Crippen LogP contribution in [0.2, 0.25) is 5.02 Å². The molecule has 3 rings (SSSR count). The molecule has 0 fully saturated rings. The molecule has 9 heteroatoms. The molecule has 0 heterocycles. The van der Waals surface area contributed by atoms with Gasteiger partial charge in [-0.05, 0) is 67.4 Å². The number of hydrogen-bond acceptors (Lipinski definition) is 4. The summed E-state index contributed by atoms with van der Waals surface area (Å²) in [5.41, 5.74) is 2.07. The van der Waals surface area contributed by atoms with Crippen molar-refractivity contribution in [2.24, 2.45) is 0 Å². The van der Waals surface area contributed by atoms with E-state index >= 15 is 0 Å². The van der Waals surface area contributed by atoms with E-state index in [0.29, 0.717) is 11.3 Å². The van der Waals surface area contributed by atoms with Crippen molar-refractivity contribution in [3.63, 3.8) is 0 Å². The van der Waals surface area contributed by atoms with Gasteiger partial charge in [-0.15, -0.1) is 0 Å². The predicted octanol–water partition coefficient (Wildman–Crippen LogP) is 4.56. The van der Waals surface area contributed by atoms with E-state index < -0.39 is 20.0 Å². The normalized spacial score (nSPS) is 11.8. The van der Waals surface area contributed by atoms with Gasteiger partial charge in [0.1, 0.15) is 0 Å². The second-order valence-electron chi connectivity index (χ2n) is 6.51. The van der Waals surface area contributed by atoms with Crippen LogP contribution >= 0.6 is 11.6 Å². The molecule has 0 spiro atoms. The Hall–Kier alpha value is -2.55. The number of benzene rings is 3. The fourth-order valence-electron chi connectivity index (χ4n) is 2.64. The second-order valence-corrected chi connectivity index (χ2v) is 10.3. The van der Waals surface area contributed by atoms with Crippen molar-refractivity contribution >= 4 is 43.0 Å². The zero-order valence-electron chi connectivity index (χ0n) is 15.7. The number of nitrogens with one attached hydrogen (secondary N) is 2. The van der Waals surface area contributed by atoms with Gasteiger partial charge in [0.2, 0.25) is 0 Å². The van der Waals surface area contributed by atoms with E-state index in [1.54, 1.807) is 37.3 Å². The van der Waals surface area contributed by atoms with Gasteiger partial charge in [-0.3, -0.25) is 9.44 Å². The van der Waals surface area contributed by atoms with E-state index in [-0.39, 0.29) is 20.5 Å². The van der Waals surface area contributed by atoms with Gasteiger partial charge in [-0.1, -0.05) is 35.9 Å². The van der Waals surface area contributed by atoms with Crippen molar-refractivity contribution in [1.82, 2.24) is 0 Å². The van der Waals surface area contributed by atoms with Crippen LogP contribution in [0.25, 0.3) is 0 Å². The maximum Gasteiger partial charge on any atom is 0.261 e. The fourth-order valence-corrected chi connectivity index (χ4v) is 5.14. The number of anilines is 2. The Morgan fingerprint density at radius 3 is 2.07 bits per heavy atom. The van der Waals surface area contributed by atoms with Crippen LogP contribution < -0.4 is 9.44 Å². The minimum absolute atomic E-state index is 0.0180. The van der Waals surface area contributed by atoms with Gasteiger partial charge in [-0.25, -0.2) is 16.8 Å². The number of rotatable bonds is 6. The second kappa shape index (κ2) is 8.06. The van der Waals surface area contributed by atoms with Crippen LogP contribution in [0, 0.1) is 13.8 Å². The smallest absolute Gasteiger partial charge is 0.261 e. The Morgan fingerprint density at radius 1 is 0.724 bits per heavy atom. The number of sulfonamides is 2. The lowest BCUT2D eigenvalue weighted by Gasteiger charge is -2.14. The summed E-state index contributed by atoms with van der Waals surface area (Å²) in [4.78, 5) is -0.0797. The van der Waals surface area contributed by atoms with Crippen molar-refractivity contribution in [2.75, 3.05) is 9.44 Å². The molecule has 0 aliphatic carbocycles. The molecule has 0 aromatic heterocycles. The van der Waals surface area contributed by atoms with Crippen LogP contribution in [0.1, 0.15) is 11.1 Å². The monoisotopic (exact) mass is 450 g/mol. The lowest BCUT2D eigenvalue weighted by molar-refractivity contribution is 0.598. The van der Waals surface area contributed by atoms with Gasteiger partial charge >= 0.3 is 0 Å². The van der Waals surface area contributed by atoms with E-state index in [9.17, 15) is 16.8 Å². The average molecular weight is 451 g/mol. The number of halogens is 1. The number of hydrogen-bond donors (Lipinski definition) is 2. The molecule has 0 bridgehead atoms. The lowest BCUT2D eigenvalue weighted by Crippen LogP contribution is -2.16. The number of aryl methyl sites for hydroxylation is 2. The summed E-state index contributed by atoms with van der Waals surface area (Å²) < 4.78 is 55.8. The zero-order valence-corrected chi connectivity index (χ0v) is 18.1. The van der Waals surface area contributed by atoms with E-state index in [1.807, 2.05) is 13.0 Å². The lowest BCUT2D eigenvalue weighted by atomic mass is 10.2. The first-order valence-electron chi connectivity index (χ1n) is 8.55. The topological polar surface area (TPSA) is 92.3 Å². The first kappa shape index (κ1) is 21.2. The Labute approximate surface area is 175 Å². The molecule has 29 heavy (non-hydrogen) atoms. The summed E-state index contributed by atoms with van der Waals surface area (Å²) in [5.74, 6) is 0. The first-order valence-corrected chi connectivity index (χ1v) is 11.9. The highest BCUT2D eigenvalue weighted by Crippen LogP contribution is 2.26. The summed E-state index contributed by atoms with van der Waals surface area (Å²) in [5, 5.41) is 0.281. The molecule has 3 aromatic carbocycles. The van der Waals surface area contributed by atoms with Gasteiger partial charge in [0.25, 0.3) is 20.0 Å². The highest BCUT2D eigenvalue weighted by Gasteiger charge is 2.19. The molecule has 152 valence electrons. The first-order chi connectivity index (χ1) is 13.6. The van der Waals surface area contributed by atoms with Crippen LogP contribution in [-0.2, 0) is 20.0 Å². The van der Waals surface area contributed by atoms with Crippen LogP contribution in [0.4, 0.5) is 11.4 Å². The standard InChI is InChI=1S/C20H19ClN2O4S2/c1-14-5-3-7-17(11-14)22-28(24,25)19-10-9-15(2)20(13-19)23-29(26,27)18-8-4-6-16(21)12-18/h3-13,22-23H,1-2H3. The molecular formula is C20H19ClN2O4S2. The summed E-state index contributed by atoms with van der Waals surface area (Å²) in [6.45, 7) is 3.53. The summed E-state index contributed by atoms with van der Waals surface area (Å²) in [6, 6.07) is 17.0. The minimum atomic E-state index is -3.93. The van der Waals surface area contributed by atoms with Crippen molar-refractivity contribution in [3.8, 4) is 0 Å². The highest BCUT2D eigenvalue weighted by molar-refractivity contribution is 7.93. The predicted molar refractivity (Wildman–Crippen MR) is 115 cm³/mol. The molecule has 6 nitrogen and oxygen atoms in total. The van der Waals surface area contributed by atoms with E-state index in [4.69, 9.17) is 11.6 Å². The van der Waals surface area contributed by atoms with E-state index in [2.05, 4.69) is 9.44 Å². The average Bonchev–Trinajstić information content (AvgIpc) is 2.63. The molecule has 0 aliphatic rings. The zero-order chi connectivity index (χ0) is 21.2. The van der Waals surface area contributed by atoms with Crippen molar-refractivity contribution in [3.05, 3.63) is 82.9 Å². The van der Waals surface area contributed by atoms with E-state index in [1.165, 1.54) is 30.3 Å². The van der Waals surface area contributed by atoms with Gasteiger partial charge in [-0.2, -0.15) is 0 Å². The third kappa shape index (κ3) is 5.09. The maximum absolute atomic E-state index is 12.8. The van der Waals surface area contributed by atoms with Crippen molar-refractivity contribution in [2.45, 2.75) is 23.6 Å². The van der Waals surface area contributed by atoms with Crippen LogP contribution in [0.5, 0.6) is 0 Å². The summed E-state index contributed by atoms with van der Waals surface area (Å²) in [6.07, 6.45) is 0. The Kier molecular flexibility index (Phi) is 5.88. The Morgan fingerprint density at radius 2 is 1.38 bits per heavy atom. The van der Waals surface area contributed by atoms with Gasteiger partial charge in [0, 0.05) is 10.7 Å². The molecule has 0 radical (unpaired) electrons. The Bertz CT molecular complexity index is 1270. The highest BCUT2D eigenvalue weighted by atomic mass is 35.5. The maximum atomic E-state index is 12.8. The van der Waals surface area contributed by atoms with Crippen molar-refractivity contribution < 1.29 is 16.8 Å². The molecule has 0 aliphatic heterocycles. The van der Waals surface area contributed by atoms with Crippen molar-refractivity contribution in [1.29, 1.82) is 0 Å². The molecule has 0 atom stereocenters. The fraction of sp³-hybridized carbons (Fsp3) is 0.100. The molecule has 0 amide bonds. The molecule has 0 saturated carbocycles. The molecule has 0 saturated heterocycles. The van der Waals surface area contributed by atoms with Gasteiger partial charge in [0.15, 0.2) is 0 Å². The van der Waals surface area contributed by atoms with Gasteiger partial charge < -0.3 is 0 Å². The van der Waals surface area contributed by atoms with Crippen LogP contribution in [0.3, 0.4) is 0 Å². The summed E-state index contributed by atoms with van der Waals surface area (Å²) in [7, 11) is -7.84. The molecule has 2 N–H and O–H groups in total. The molecule has 0 unspecified atom stereocenters. The summed E-state index contributed by atoms with van der Waals surface area (Å²) >= 11 is 5.88. The molecule has 3 aromatic rings.